The molecular formula is C12H14N4O2S2. The molecule has 2 heterocycles. The maximum atomic E-state index is 11.1. The standard InChI is InChI=1S/C12H14N4O2S2/c1-20(17,18)5-4-16-3-2-12(15-16)14-8-11-6-10(7-13)9-19-11/h2-3,6,9H,4-5,8H2,1H3,(H,14,15). The Morgan fingerprint density at radius 3 is 3.00 bits per heavy atom. The van der Waals surface area contributed by atoms with Crippen LogP contribution in [-0.4, -0.2) is 30.2 Å². The molecule has 0 amide bonds. The molecule has 0 bridgehead atoms. The van der Waals surface area contributed by atoms with Gasteiger partial charge in [-0.3, -0.25) is 4.68 Å². The van der Waals surface area contributed by atoms with Gasteiger partial charge in [0.05, 0.1) is 24.4 Å². The maximum absolute atomic E-state index is 11.1. The fourth-order valence-electron chi connectivity index (χ4n) is 1.55. The summed E-state index contributed by atoms with van der Waals surface area (Å²) in [7, 11) is -2.98. The zero-order chi connectivity index (χ0) is 14.6. The van der Waals surface area contributed by atoms with Gasteiger partial charge in [-0.05, 0) is 6.07 Å². The van der Waals surface area contributed by atoms with Crippen molar-refractivity contribution >= 4 is 27.0 Å². The Morgan fingerprint density at radius 2 is 2.35 bits per heavy atom. The van der Waals surface area contributed by atoms with E-state index in [0.717, 1.165) is 4.88 Å². The van der Waals surface area contributed by atoms with E-state index in [1.807, 2.05) is 11.4 Å². The molecule has 0 radical (unpaired) electrons. The van der Waals surface area contributed by atoms with Crippen LogP contribution in [0.15, 0.2) is 23.7 Å². The lowest BCUT2D eigenvalue weighted by molar-refractivity contribution is 0.586. The first-order valence-electron chi connectivity index (χ1n) is 5.89. The molecule has 2 aromatic heterocycles. The number of hydrogen-bond donors (Lipinski definition) is 1. The van der Waals surface area contributed by atoms with Crippen molar-refractivity contribution in [3.63, 3.8) is 0 Å². The Kier molecular flexibility index (Phi) is 4.42. The highest BCUT2D eigenvalue weighted by Gasteiger charge is 2.05. The number of sulfone groups is 1. The van der Waals surface area contributed by atoms with Crippen LogP contribution in [0, 0.1) is 11.3 Å². The molecule has 0 spiro atoms. The van der Waals surface area contributed by atoms with Crippen molar-refractivity contribution in [3.8, 4) is 6.07 Å². The number of thiophene rings is 1. The van der Waals surface area contributed by atoms with Gasteiger partial charge in [-0.25, -0.2) is 8.42 Å². The van der Waals surface area contributed by atoms with Crippen LogP contribution in [0.2, 0.25) is 0 Å². The minimum absolute atomic E-state index is 0.0740. The van der Waals surface area contributed by atoms with Crippen LogP contribution in [0.3, 0.4) is 0 Å². The Hall–Kier alpha value is -1.85. The smallest absolute Gasteiger partial charge is 0.149 e. The number of hydrogen-bond acceptors (Lipinski definition) is 6. The van der Waals surface area contributed by atoms with Gasteiger partial charge >= 0.3 is 0 Å². The molecule has 0 saturated heterocycles. The average molecular weight is 310 g/mol. The molecule has 0 aromatic carbocycles. The fourth-order valence-corrected chi connectivity index (χ4v) is 2.82. The SMILES string of the molecule is CS(=O)(=O)CCn1ccc(NCc2cc(C#N)cs2)n1. The van der Waals surface area contributed by atoms with Crippen molar-refractivity contribution in [2.45, 2.75) is 13.1 Å². The summed E-state index contributed by atoms with van der Waals surface area (Å²) in [5, 5.41) is 17.9. The zero-order valence-corrected chi connectivity index (χ0v) is 12.5. The first kappa shape index (κ1) is 14.6. The van der Waals surface area contributed by atoms with Gasteiger partial charge in [-0.2, -0.15) is 10.4 Å². The van der Waals surface area contributed by atoms with E-state index in [2.05, 4.69) is 16.5 Å². The summed E-state index contributed by atoms with van der Waals surface area (Å²) in [4.78, 5) is 1.05. The number of rotatable bonds is 6. The van der Waals surface area contributed by atoms with Crippen LogP contribution in [0.5, 0.6) is 0 Å². The second-order valence-electron chi connectivity index (χ2n) is 4.36. The number of nitrogens with zero attached hydrogens (tertiary/aromatic N) is 3. The van der Waals surface area contributed by atoms with E-state index in [-0.39, 0.29) is 5.75 Å². The molecular weight excluding hydrogens is 296 g/mol. The van der Waals surface area contributed by atoms with Crippen molar-refractivity contribution in [2.24, 2.45) is 0 Å². The molecule has 0 aliphatic rings. The van der Waals surface area contributed by atoms with Crippen molar-refractivity contribution in [3.05, 3.63) is 34.2 Å². The summed E-state index contributed by atoms with van der Waals surface area (Å²) in [6.07, 6.45) is 2.95. The number of aromatic nitrogens is 2. The lowest BCUT2D eigenvalue weighted by Crippen LogP contribution is -2.11. The van der Waals surface area contributed by atoms with Gasteiger partial charge < -0.3 is 5.32 Å². The van der Waals surface area contributed by atoms with Crippen molar-refractivity contribution < 1.29 is 8.42 Å². The average Bonchev–Trinajstić information content (AvgIpc) is 3.02. The third kappa shape index (κ3) is 4.36. The number of anilines is 1. The molecule has 2 rings (SSSR count). The van der Waals surface area contributed by atoms with E-state index in [9.17, 15) is 8.42 Å². The van der Waals surface area contributed by atoms with Gasteiger partial charge in [0.15, 0.2) is 0 Å². The molecule has 0 fully saturated rings. The monoisotopic (exact) mass is 310 g/mol. The third-order valence-corrected chi connectivity index (χ3v) is 4.42. The topological polar surface area (TPSA) is 87.8 Å². The Bertz CT molecular complexity index is 725. The molecule has 0 aliphatic heterocycles. The normalized spacial score (nSPS) is 11.2. The molecule has 0 saturated carbocycles. The van der Waals surface area contributed by atoms with E-state index < -0.39 is 9.84 Å². The van der Waals surface area contributed by atoms with Crippen LogP contribution in [0.4, 0.5) is 5.82 Å². The molecule has 20 heavy (non-hydrogen) atoms. The van der Waals surface area contributed by atoms with Gasteiger partial charge in [0.2, 0.25) is 0 Å². The van der Waals surface area contributed by atoms with E-state index in [1.165, 1.54) is 17.6 Å². The number of aryl methyl sites for hydroxylation is 1. The van der Waals surface area contributed by atoms with Crippen LogP contribution in [0.25, 0.3) is 0 Å². The summed E-state index contributed by atoms with van der Waals surface area (Å²) >= 11 is 1.51. The van der Waals surface area contributed by atoms with E-state index >= 15 is 0 Å². The van der Waals surface area contributed by atoms with Gasteiger partial charge in [-0.1, -0.05) is 0 Å². The minimum Gasteiger partial charge on any atom is -0.364 e. The quantitative estimate of drug-likeness (QED) is 0.873. The maximum Gasteiger partial charge on any atom is 0.149 e. The van der Waals surface area contributed by atoms with Gasteiger partial charge in [-0.15, -0.1) is 11.3 Å². The van der Waals surface area contributed by atoms with Crippen molar-refractivity contribution in [2.75, 3.05) is 17.3 Å². The molecule has 1 N–H and O–H groups in total. The molecule has 0 atom stereocenters. The zero-order valence-electron chi connectivity index (χ0n) is 10.9. The van der Waals surface area contributed by atoms with Crippen LogP contribution < -0.4 is 5.32 Å². The van der Waals surface area contributed by atoms with Crippen LogP contribution >= 0.6 is 11.3 Å². The minimum atomic E-state index is -2.98. The highest BCUT2D eigenvalue weighted by molar-refractivity contribution is 7.90. The lowest BCUT2D eigenvalue weighted by atomic mass is 10.3. The molecule has 2 aromatic rings. The largest absolute Gasteiger partial charge is 0.364 e. The fraction of sp³-hybridized carbons (Fsp3) is 0.333. The Morgan fingerprint density at radius 1 is 1.55 bits per heavy atom. The van der Waals surface area contributed by atoms with Crippen LogP contribution in [-0.2, 0) is 22.9 Å². The van der Waals surface area contributed by atoms with Crippen molar-refractivity contribution in [1.82, 2.24) is 9.78 Å². The van der Waals surface area contributed by atoms with E-state index in [4.69, 9.17) is 5.26 Å². The highest BCUT2D eigenvalue weighted by atomic mass is 32.2. The molecule has 0 unspecified atom stereocenters. The summed E-state index contributed by atoms with van der Waals surface area (Å²) in [5.41, 5.74) is 0.658. The van der Waals surface area contributed by atoms with E-state index in [0.29, 0.717) is 24.5 Å². The summed E-state index contributed by atoms with van der Waals surface area (Å²) in [6.45, 7) is 0.938. The molecule has 8 heteroatoms. The van der Waals surface area contributed by atoms with E-state index in [1.54, 1.807) is 16.9 Å². The van der Waals surface area contributed by atoms with Gasteiger partial charge in [0.1, 0.15) is 21.7 Å². The molecule has 106 valence electrons. The molecule has 0 aliphatic carbocycles. The summed E-state index contributed by atoms with van der Waals surface area (Å²) < 4.78 is 23.7. The first-order valence-corrected chi connectivity index (χ1v) is 8.83. The van der Waals surface area contributed by atoms with Gasteiger partial charge in [0.25, 0.3) is 0 Å². The number of nitrogens with one attached hydrogen (secondary N) is 1. The highest BCUT2D eigenvalue weighted by Crippen LogP contribution is 2.15. The van der Waals surface area contributed by atoms with Crippen molar-refractivity contribution in [1.29, 1.82) is 5.26 Å². The summed E-state index contributed by atoms with van der Waals surface area (Å²) in [5.74, 6) is 0.760. The Labute approximate surface area is 121 Å². The Balaban J connectivity index is 1.88. The lowest BCUT2D eigenvalue weighted by Gasteiger charge is -2.01. The number of nitriles is 1. The summed E-state index contributed by atoms with van der Waals surface area (Å²) in [6, 6.07) is 5.71. The predicted molar refractivity (Wildman–Crippen MR) is 78.3 cm³/mol. The predicted octanol–water partition coefficient (Wildman–Crippen LogP) is 1.47. The molecule has 6 nitrogen and oxygen atoms in total. The van der Waals surface area contributed by atoms with Gasteiger partial charge in [0, 0.05) is 28.8 Å². The second kappa shape index (κ2) is 6.07. The van der Waals surface area contributed by atoms with Crippen LogP contribution in [0.1, 0.15) is 10.4 Å². The first-order chi connectivity index (χ1) is 9.46. The second-order valence-corrected chi connectivity index (χ2v) is 7.62. The third-order valence-electron chi connectivity index (χ3n) is 2.56.